The van der Waals surface area contributed by atoms with Crippen LogP contribution in [0, 0.1) is 6.92 Å². The second-order valence-electron chi connectivity index (χ2n) is 4.39. The Morgan fingerprint density at radius 3 is 2.48 bits per heavy atom. The van der Waals surface area contributed by atoms with Crippen LogP contribution in [0.15, 0.2) is 46.5 Å². The van der Waals surface area contributed by atoms with Crippen molar-refractivity contribution in [3.8, 4) is 5.69 Å². The second-order valence-corrected chi connectivity index (χ2v) is 6.76. The fourth-order valence-corrected chi connectivity index (χ4v) is 3.22. The summed E-state index contributed by atoms with van der Waals surface area (Å²) in [5, 5.41) is 11.0. The molecule has 1 aromatic carbocycles. The zero-order chi connectivity index (χ0) is 14.8. The van der Waals surface area contributed by atoms with Gasteiger partial charge >= 0.3 is 0 Å². The number of anilines is 1. The molecule has 2 heterocycles. The third kappa shape index (κ3) is 3.03. The van der Waals surface area contributed by atoms with Crippen LogP contribution in [0.25, 0.3) is 5.69 Å². The van der Waals surface area contributed by atoms with E-state index in [2.05, 4.69) is 31.4 Å². The zero-order valence-electron chi connectivity index (χ0n) is 11.1. The van der Waals surface area contributed by atoms with E-state index >= 15 is 0 Å². The Labute approximate surface area is 133 Å². The number of halogens is 1. The van der Waals surface area contributed by atoms with Crippen LogP contribution in [-0.4, -0.2) is 20.9 Å². The summed E-state index contributed by atoms with van der Waals surface area (Å²) in [6, 6.07) is 9.22. The van der Waals surface area contributed by atoms with Gasteiger partial charge in [-0.15, -0.1) is 11.3 Å². The van der Waals surface area contributed by atoms with E-state index < -0.39 is 0 Å². The molecule has 1 N–H and O–H groups in total. The molecule has 0 aliphatic rings. The van der Waals surface area contributed by atoms with E-state index in [9.17, 15) is 4.79 Å². The van der Waals surface area contributed by atoms with E-state index in [-0.39, 0.29) is 5.91 Å². The first-order chi connectivity index (χ1) is 10.1. The number of hydrogen-bond donors (Lipinski definition) is 1. The van der Waals surface area contributed by atoms with Crippen molar-refractivity contribution in [3.05, 3.63) is 57.0 Å². The highest BCUT2D eigenvalue weighted by Gasteiger charge is 2.11. The second kappa shape index (κ2) is 5.79. The lowest BCUT2D eigenvalue weighted by atomic mass is 10.2. The van der Waals surface area contributed by atoms with E-state index in [0.717, 1.165) is 20.7 Å². The van der Waals surface area contributed by atoms with Crippen molar-refractivity contribution in [2.24, 2.45) is 0 Å². The van der Waals surface area contributed by atoms with Crippen molar-refractivity contribution in [3.63, 3.8) is 0 Å². The van der Waals surface area contributed by atoms with Crippen LogP contribution in [0.2, 0.25) is 0 Å². The van der Waals surface area contributed by atoms with Crippen LogP contribution < -0.4 is 5.32 Å². The Hall–Kier alpha value is -1.99. The summed E-state index contributed by atoms with van der Waals surface area (Å²) in [5.74, 6) is -0.112. The molecule has 0 saturated carbocycles. The number of benzene rings is 1. The minimum absolute atomic E-state index is 0.112. The number of carbonyl (C=O) groups is 1. The Kier molecular flexibility index (Phi) is 3.85. The van der Waals surface area contributed by atoms with Gasteiger partial charge < -0.3 is 5.32 Å². The summed E-state index contributed by atoms with van der Waals surface area (Å²) in [7, 11) is 0. The third-order valence-corrected chi connectivity index (χ3v) is 4.99. The molecule has 21 heavy (non-hydrogen) atoms. The summed E-state index contributed by atoms with van der Waals surface area (Å²) in [5.41, 5.74) is 2.64. The highest BCUT2D eigenvalue weighted by Crippen LogP contribution is 2.27. The van der Waals surface area contributed by atoms with Gasteiger partial charge in [0.05, 0.1) is 26.7 Å². The number of hydrogen-bond acceptors (Lipinski definition) is 4. The molecule has 0 aliphatic carbocycles. The first kappa shape index (κ1) is 14.0. The lowest BCUT2D eigenvalue weighted by molar-refractivity contribution is 0.103. The van der Waals surface area contributed by atoms with Gasteiger partial charge in [0.1, 0.15) is 0 Å². The third-order valence-electron chi connectivity index (χ3n) is 2.86. The van der Waals surface area contributed by atoms with Crippen molar-refractivity contribution in [1.82, 2.24) is 15.0 Å². The zero-order valence-corrected chi connectivity index (χ0v) is 13.5. The number of carbonyl (C=O) groups excluding carboxylic acids is 1. The molecule has 0 radical (unpaired) electrons. The standard InChI is InChI=1S/C14H11BrN4OS/c1-9-8-12(21-13(9)15)14(20)18-10-2-4-11(5-3-10)19-16-6-7-17-19/h2-8H,1H3,(H,18,20). The van der Waals surface area contributed by atoms with E-state index in [1.165, 1.54) is 16.1 Å². The number of aromatic nitrogens is 3. The van der Waals surface area contributed by atoms with Crippen LogP contribution in [-0.2, 0) is 0 Å². The number of amides is 1. The number of nitrogens with zero attached hydrogens (tertiary/aromatic N) is 3. The van der Waals surface area contributed by atoms with Gasteiger partial charge in [0, 0.05) is 5.69 Å². The average molecular weight is 363 g/mol. The van der Waals surface area contributed by atoms with Crippen LogP contribution in [0.3, 0.4) is 0 Å². The van der Waals surface area contributed by atoms with Gasteiger partial charge in [-0.3, -0.25) is 4.79 Å². The summed E-state index contributed by atoms with van der Waals surface area (Å²) < 4.78 is 0.979. The molecule has 106 valence electrons. The topological polar surface area (TPSA) is 59.8 Å². The first-order valence-corrected chi connectivity index (χ1v) is 7.78. The molecular formula is C14H11BrN4OS. The van der Waals surface area contributed by atoms with Gasteiger partial charge in [-0.1, -0.05) is 0 Å². The molecular weight excluding hydrogens is 352 g/mol. The maximum atomic E-state index is 12.1. The first-order valence-electron chi connectivity index (χ1n) is 6.17. The minimum Gasteiger partial charge on any atom is -0.321 e. The summed E-state index contributed by atoms with van der Waals surface area (Å²) in [6.45, 7) is 1.96. The fourth-order valence-electron chi connectivity index (χ4n) is 1.79. The SMILES string of the molecule is Cc1cc(C(=O)Nc2ccc(-n3nccn3)cc2)sc1Br. The van der Waals surface area contributed by atoms with E-state index in [1.807, 2.05) is 37.3 Å². The molecule has 3 rings (SSSR count). The van der Waals surface area contributed by atoms with Crippen molar-refractivity contribution >= 4 is 38.9 Å². The van der Waals surface area contributed by atoms with Gasteiger partial charge in [0.25, 0.3) is 5.91 Å². The molecule has 7 heteroatoms. The highest BCUT2D eigenvalue weighted by molar-refractivity contribution is 9.11. The molecule has 3 aromatic rings. The maximum absolute atomic E-state index is 12.1. The number of thiophene rings is 1. The van der Waals surface area contributed by atoms with Crippen LogP contribution in [0.5, 0.6) is 0 Å². The molecule has 0 saturated heterocycles. The van der Waals surface area contributed by atoms with Crippen LogP contribution >= 0.6 is 27.3 Å². The molecule has 0 unspecified atom stereocenters. The largest absolute Gasteiger partial charge is 0.321 e. The molecule has 0 bridgehead atoms. The Balaban J connectivity index is 1.74. The van der Waals surface area contributed by atoms with Crippen LogP contribution in [0.4, 0.5) is 5.69 Å². The van der Waals surface area contributed by atoms with E-state index in [4.69, 9.17) is 0 Å². The highest BCUT2D eigenvalue weighted by atomic mass is 79.9. The van der Waals surface area contributed by atoms with Gasteiger partial charge in [0.2, 0.25) is 0 Å². The molecule has 1 amide bonds. The molecule has 0 fully saturated rings. The molecule has 2 aromatic heterocycles. The van der Waals surface area contributed by atoms with Gasteiger partial charge in [0.15, 0.2) is 0 Å². The normalized spacial score (nSPS) is 10.6. The monoisotopic (exact) mass is 362 g/mol. The lowest BCUT2D eigenvalue weighted by Crippen LogP contribution is -2.10. The van der Waals surface area contributed by atoms with Crippen LogP contribution in [0.1, 0.15) is 15.2 Å². The summed E-state index contributed by atoms with van der Waals surface area (Å²) in [6.07, 6.45) is 3.24. The molecule has 0 aliphatic heterocycles. The number of aryl methyl sites for hydroxylation is 1. The van der Waals surface area contributed by atoms with E-state index in [1.54, 1.807) is 12.4 Å². The van der Waals surface area contributed by atoms with Crippen molar-refractivity contribution < 1.29 is 4.79 Å². The lowest BCUT2D eigenvalue weighted by Gasteiger charge is -2.05. The quantitative estimate of drug-likeness (QED) is 0.773. The van der Waals surface area contributed by atoms with Crippen molar-refractivity contribution in [2.75, 3.05) is 5.32 Å². The molecule has 5 nitrogen and oxygen atoms in total. The predicted octanol–water partition coefficient (Wildman–Crippen LogP) is 3.65. The molecule has 0 atom stereocenters. The molecule has 0 spiro atoms. The predicted molar refractivity (Wildman–Crippen MR) is 86.1 cm³/mol. The van der Waals surface area contributed by atoms with Crippen molar-refractivity contribution in [1.29, 1.82) is 0 Å². The summed E-state index contributed by atoms with van der Waals surface area (Å²) >= 11 is 4.85. The van der Waals surface area contributed by atoms with Gasteiger partial charge in [-0.2, -0.15) is 15.0 Å². The smallest absolute Gasteiger partial charge is 0.265 e. The Morgan fingerprint density at radius 2 is 1.90 bits per heavy atom. The summed E-state index contributed by atoms with van der Waals surface area (Å²) in [4.78, 5) is 14.3. The minimum atomic E-state index is -0.112. The van der Waals surface area contributed by atoms with E-state index in [0.29, 0.717) is 4.88 Å². The van der Waals surface area contributed by atoms with Gasteiger partial charge in [-0.25, -0.2) is 0 Å². The average Bonchev–Trinajstić information content (AvgIpc) is 3.11. The number of rotatable bonds is 3. The fraction of sp³-hybridized carbons (Fsp3) is 0.0714. The maximum Gasteiger partial charge on any atom is 0.265 e. The Bertz CT molecular complexity index is 745. The Morgan fingerprint density at radius 1 is 1.24 bits per heavy atom. The van der Waals surface area contributed by atoms with Crippen molar-refractivity contribution in [2.45, 2.75) is 6.92 Å². The van der Waals surface area contributed by atoms with Gasteiger partial charge in [-0.05, 0) is 58.7 Å². The number of nitrogens with one attached hydrogen (secondary N) is 1.